The molecule has 2 amide bonds. The van der Waals surface area contributed by atoms with Crippen LogP contribution in [0.4, 0.5) is 5.69 Å². The number of hydrogen-bond acceptors (Lipinski definition) is 7. The van der Waals surface area contributed by atoms with Gasteiger partial charge in [0.1, 0.15) is 5.75 Å². The summed E-state index contributed by atoms with van der Waals surface area (Å²) < 4.78 is 6.97. The lowest BCUT2D eigenvalue weighted by molar-refractivity contribution is -0.128. The zero-order chi connectivity index (χ0) is 23.9. The molecule has 1 aliphatic heterocycles. The highest BCUT2D eigenvalue weighted by atomic mass is 32.2. The monoisotopic (exact) mass is 480 g/mol. The van der Waals surface area contributed by atoms with Crippen LogP contribution in [0.25, 0.3) is 0 Å². The van der Waals surface area contributed by atoms with Crippen LogP contribution in [0.15, 0.2) is 59.8 Å². The number of ether oxygens (including phenoxy) is 1. The number of methoxy groups -OCH3 is 1. The molecule has 0 radical (unpaired) electrons. The van der Waals surface area contributed by atoms with Gasteiger partial charge in [-0.25, -0.2) is 0 Å². The Morgan fingerprint density at radius 2 is 1.79 bits per heavy atom. The summed E-state index contributed by atoms with van der Waals surface area (Å²) in [4.78, 5) is 29.3. The number of aromatic nitrogens is 3. The van der Waals surface area contributed by atoms with Crippen LogP contribution in [0.3, 0.4) is 0 Å². The van der Waals surface area contributed by atoms with Crippen LogP contribution < -0.4 is 15.0 Å². The van der Waals surface area contributed by atoms with Gasteiger partial charge < -0.3 is 24.4 Å². The normalized spacial score (nSPS) is 13.6. The van der Waals surface area contributed by atoms with Gasteiger partial charge in [-0.3, -0.25) is 9.59 Å². The number of anilines is 1. The Kier molecular flexibility index (Phi) is 7.69. The molecule has 0 aliphatic carbocycles. The van der Waals surface area contributed by atoms with Crippen LogP contribution in [0.1, 0.15) is 16.2 Å². The van der Waals surface area contributed by atoms with E-state index in [4.69, 9.17) is 4.74 Å². The van der Waals surface area contributed by atoms with Crippen molar-refractivity contribution in [2.75, 3.05) is 43.9 Å². The molecular formula is C24H28N6O3S. The molecule has 10 heteroatoms. The van der Waals surface area contributed by atoms with E-state index in [0.717, 1.165) is 13.1 Å². The van der Waals surface area contributed by atoms with Gasteiger partial charge in [-0.15, -0.1) is 10.2 Å². The number of benzene rings is 2. The van der Waals surface area contributed by atoms with Crippen molar-refractivity contribution in [1.29, 1.82) is 0 Å². The van der Waals surface area contributed by atoms with E-state index < -0.39 is 0 Å². The Balaban J connectivity index is 1.25. The highest BCUT2D eigenvalue weighted by Crippen LogP contribution is 2.19. The quantitative estimate of drug-likeness (QED) is 0.494. The fourth-order valence-corrected chi connectivity index (χ4v) is 4.55. The van der Waals surface area contributed by atoms with E-state index >= 15 is 0 Å². The van der Waals surface area contributed by atoms with Crippen LogP contribution in [-0.4, -0.2) is 70.5 Å². The van der Waals surface area contributed by atoms with E-state index in [1.165, 1.54) is 17.4 Å². The zero-order valence-corrected chi connectivity index (χ0v) is 20.1. The molecule has 3 aromatic rings. The fraction of sp³-hybridized carbons (Fsp3) is 0.333. The van der Waals surface area contributed by atoms with Crippen molar-refractivity contribution in [3.63, 3.8) is 0 Å². The molecule has 1 aliphatic rings. The first-order chi connectivity index (χ1) is 16.5. The Labute approximate surface area is 203 Å². The molecule has 2 aromatic carbocycles. The summed E-state index contributed by atoms with van der Waals surface area (Å²) in [5.41, 5.74) is 1.70. The second kappa shape index (κ2) is 11.1. The average molecular weight is 481 g/mol. The third kappa shape index (κ3) is 5.69. The second-order valence-corrected chi connectivity index (χ2v) is 8.81. The SMILES string of the molecule is COc1cccc(C(=O)NCc2nnc(SCC(=O)N3CCN(c4ccccc4)CC3)n2C)c1. The third-order valence-electron chi connectivity index (χ3n) is 5.74. The summed E-state index contributed by atoms with van der Waals surface area (Å²) in [6.07, 6.45) is 0. The number of para-hydroxylation sites is 1. The van der Waals surface area contributed by atoms with Crippen molar-refractivity contribution >= 4 is 29.3 Å². The number of amides is 2. The summed E-state index contributed by atoms with van der Waals surface area (Å²) in [5.74, 6) is 1.40. The summed E-state index contributed by atoms with van der Waals surface area (Å²) in [5, 5.41) is 11.8. The molecule has 1 saturated heterocycles. The number of nitrogens with zero attached hydrogens (tertiary/aromatic N) is 5. The van der Waals surface area contributed by atoms with Gasteiger partial charge in [-0.2, -0.15) is 0 Å². The number of piperazine rings is 1. The van der Waals surface area contributed by atoms with Crippen LogP contribution in [0.2, 0.25) is 0 Å². The number of carbonyl (C=O) groups excluding carboxylic acids is 2. The average Bonchev–Trinajstić information content (AvgIpc) is 3.25. The first-order valence-corrected chi connectivity index (χ1v) is 12.0. The lowest BCUT2D eigenvalue weighted by Gasteiger charge is -2.36. The number of nitrogens with one attached hydrogen (secondary N) is 1. The maximum Gasteiger partial charge on any atom is 0.251 e. The minimum atomic E-state index is -0.221. The standard InChI is InChI=1S/C24H28N6O3S/c1-28-21(16-25-23(32)18-7-6-10-20(15-18)33-2)26-27-24(28)34-17-22(31)30-13-11-29(12-14-30)19-8-4-3-5-9-19/h3-10,15H,11-14,16-17H2,1-2H3,(H,25,32). The van der Waals surface area contributed by atoms with Gasteiger partial charge in [-0.1, -0.05) is 36.0 Å². The van der Waals surface area contributed by atoms with Gasteiger partial charge in [0.2, 0.25) is 5.91 Å². The van der Waals surface area contributed by atoms with Crippen molar-refractivity contribution in [2.24, 2.45) is 7.05 Å². The van der Waals surface area contributed by atoms with Gasteiger partial charge in [0.25, 0.3) is 5.91 Å². The second-order valence-electron chi connectivity index (χ2n) is 7.86. The predicted molar refractivity (Wildman–Crippen MR) is 131 cm³/mol. The topological polar surface area (TPSA) is 92.6 Å². The molecule has 0 bridgehead atoms. The minimum absolute atomic E-state index is 0.0913. The van der Waals surface area contributed by atoms with Gasteiger partial charge in [0.15, 0.2) is 11.0 Å². The summed E-state index contributed by atoms with van der Waals surface area (Å²) in [6.45, 7) is 3.28. The number of rotatable bonds is 8. The molecule has 1 aromatic heterocycles. The zero-order valence-electron chi connectivity index (χ0n) is 19.3. The van der Waals surface area contributed by atoms with Gasteiger partial charge in [-0.05, 0) is 30.3 Å². The summed E-state index contributed by atoms with van der Waals surface area (Å²) in [7, 11) is 3.39. The van der Waals surface area contributed by atoms with E-state index in [9.17, 15) is 9.59 Å². The van der Waals surface area contributed by atoms with Crippen molar-refractivity contribution in [2.45, 2.75) is 11.7 Å². The van der Waals surface area contributed by atoms with Crippen LogP contribution in [-0.2, 0) is 18.4 Å². The molecule has 0 unspecified atom stereocenters. The lowest BCUT2D eigenvalue weighted by Crippen LogP contribution is -2.49. The summed E-state index contributed by atoms with van der Waals surface area (Å²) >= 11 is 1.36. The first kappa shape index (κ1) is 23.6. The van der Waals surface area contributed by atoms with Crippen molar-refractivity contribution in [3.8, 4) is 5.75 Å². The molecule has 9 nitrogen and oxygen atoms in total. The number of carbonyl (C=O) groups is 2. The molecule has 2 heterocycles. The lowest BCUT2D eigenvalue weighted by atomic mass is 10.2. The summed E-state index contributed by atoms with van der Waals surface area (Å²) in [6, 6.07) is 17.2. The van der Waals surface area contributed by atoms with Crippen LogP contribution in [0, 0.1) is 0 Å². The van der Waals surface area contributed by atoms with E-state index in [1.54, 1.807) is 35.9 Å². The van der Waals surface area contributed by atoms with E-state index in [-0.39, 0.29) is 18.4 Å². The largest absolute Gasteiger partial charge is 0.497 e. The maximum atomic E-state index is 12.7. The molecule has 0 spiro atoms. The number of thioether (sulfide) groups is 1. The Hall–Kier alpha value is -3.53. The van der Waals surface area contributed by atoms with Crippen LogP contribution >= 0.6 is 11.8 Å². The highest BCUT2D eigenvalue weighted by molar-refractivity contribution is 7.99. The maximum absolute atomic E-state index is 12.7. The number of hydrogen-bond donors (Lipinski definition) is 1. The molecule has 178 valence electrons. The predicted octanol–water partition coefficient (Wildman–Crippen LogP) is 2.19. The van der Waals surface area contributed by atoms with Crippen molar-refractivity contribution < 1.29 is 14.3 Å². The van der Waals surface area contributed by atoms with Gasteiger partial charge in [0, 0.05) is 44.5 Å². The molecule has 1 fully saturated rings. The Bertz CT molecular complexity index is 1130. The molecule has 0 saturated carbocycles. The van der Waals surface area contributed by atoms with Crippen LogP contribution in [0.5, 0.6) is 5.75 Å². The van der Waals surface area contributed by atoms with Gasteiger partial charge in [0.05, 0.1) is 19.4 Å². The fourth-order valence-electron chi connectivity index (χ4n) is 3.72. The smallest absolute Gasteiger partial charge is 0.251 e. The van der Waals surface area contributed by atoms with E-state index in [2.05, 4.69) is 32.5 Å². The third-order valence-corrected chi connectivity index (χ3v) is 6.75. The minimum Gasteiger partial charge on any atom is -0.497 e. The van der Waals surface area contributed by atoms with Crippen molar-refractivity contribution in [3.05, 3.63) is 66.0 Å². The molecule has 0 atom stereocenters. The first-order valence-electron chi connectivity index (χ1n) is 11.1. The van der Waals surface area contributed by atoms with Crippen molar-refractivity contribution in [1.82, 2.24) is 25.0 Å². The molecular weight excluding hydrogens is 452 g/mol. The molecule has 1 N–H and O–H groups in total. The van der Waals surface area contributed by atoms with E-state index in [0.29, 0.717) is 41.1 Å². The van der Waals surface area contributed by atoms with Gasteiger partial charge >= 0.3 is 0 Å². The Morgan fingerprint density at radius 3 is 2.53 bits per heavy atom. The molecule has 4 rings (SSSR count). The van der Waals surface area contributed by atoms with E-state index in [1.807, 2.05) is 30.1 Å². The highest BCUT2D eigenvalue weighted by Gasteiger charge is 2.22. The molecule has 34 heavy (non-hydrogen) atoms. The Morgan fingerprint density at radius 1 is 1.03 bits per heavy atom.